The molecule has 2 N–H and O–H groups in total. The first kappa shape index (κ1) is 28.9. The Labute approximate surface area is 230 Å². The lowest BCUT2D eigenvalue weighted by Crippen LogP contribution is -2.57. The van der Waals surface area contributed by atoms with Gasteiger partial charge in [0, 0.05) is 18.6 Å². The van der Waals surface area contributed by atoms with Crippen LogP contribution in [-0.2, 0) is 19.1 Å². The molecule has 3 atom stereocenters. The van der Waals surface area contributed by atoms with Crippen LogP contribution in [-0.4, -0.2) is 90.0 Å². The zero-order chi connectivity index (χ0) is 28.2. The zero-order valence-corrected chi connectivity index (χ0v) is 23.5. The minimum atomic E-state index is -0.792. The summed E-state index contributed by atoms with van der Waals surface area (Å²) in [6.45, 7) is 9.69. The number of morpholine rings is 1. The fourth-order valence-corrected chi connectivity index (χ4v) is 5.27. The van der Waals surface area contributed by atoms with Crippen molar-refractivity contribution in [2.45, 2.75) is 83.5 Å². The van der Waals surface area contributed by atoms with Crippen molar-refractivity contribution in [3.05, 3.63) is 29.8 Å². The number of benzene rings is 1. The molecule has 3 aliphatic rings. The van der Waals surface area contributed by atoms with Gasteiger partial charge >= 0.3 is 0 Å². The molecule has 1 aromatic carbocycles. The van der Waals surface area contributed by atoms with Crippen LogP contribution < -0.4 is 15.4 Å². The highest BCUT2D eigenvalue weighted by Gasteiger charge is 2.41. The summed E-state index contributed by atoms with van der Waals surface area (Å²) in [5, 5.41) is 5.85. The molecule has 3 fully saturated rings. The number of nitrogens with zero attached hydrogens (tertiary/aromatic N) is 2. The normalized spacial score (nSPS) is 22.8. The van der Waals surface area contributed by atoms with E-state index in [1.165, 1.54) is 0 Å². The first-order valence-electron chi connectivity index (χ1n) is 14.1. The fraction of sp³-hybridized carbons (Fsp3) is 0.655. The number of hydrogen-bond acceptors (Lipinski definition) is 6. The lowest BCUT2D eigenvalue weighted by molar-refractivity contribution is -0.150. The molecule has 0 spiro atoms. The summed E-state index contributed by atoms with van der Waals surface area (Å²) in [6, 6.07) is 5.33. The SMILES string of the molecule is CC(C)C[C@@H](NC(=O)c1ccccc1OCC(=O)NC1(C)CC1)C(=O)N1CCC[C@@H]1C(=O)N1CCOC[C@H]1C. The van der Waals surface area contributed by atoms with Crippen molar-refractivity contribution < 1.29 is 28.7 Å². The highest BCUT2D eigenvalue weighted by atomic mass is 16.5. The van der Waals surface area contributed by atoms with E-state index >= 15 is 0 Å². The molecule has 4 amide bonds. The molecule has 2 saturated heterocycles. The predicted molar refractivity (Wildman–Crippen MR) is 145 cm³/mol. The Morgan fingerprint density at radius 3 is 2.56 bits per heavy atom. The van der Waals surface area contributed by atoms with E-state index in [1.54, 1.807) is 29.2 Å². The van der Waals surface area contributed by atoms with Crippen LogP contribution >= 0.6 is 0 Å². The third kappa shape index (κ3) is 7.29. The molecule has 1 saturated carbocycles. The van der Waals surface area contributed by atoms with Gasteiger partial charge in [-0.15, -0.1) is 0 Å². The standard InChI is InChI=1S/C29H42N4O6/c1-19(2)16-22(27(36)33-13-7-9-23(33)28(37)32-14-15-38-17-20(32)3)30-26(35)21-8-5-6-10-24(21)39-18-25(34)31-29(4)11-12-29/h5-6,8,10,19-20,22-23H,7,9,11-18H2,1-4H3,(H,30,35)(H,31,34)/t20-,22-,23-/m1/s1. The number of rotatable bonds is 10. The molecule has 10 nitrogen and oxygen atoms in total. The van der Waals surface area contributed by atoms with Gasteiger partial charge in [-0.1, -0.05) is 26.0 Å². The van der Waals surface area contributed by atoms with Crippen LogP contribution in [0.25, 0.3) is 0 Å². The quantitative estimate of drug-likeness (QED) is 0.468. The topological polar surface area (TPSA) is 117 Å². The van der Waals surface area contributed by atoms with Gasteiger partial charge in [0.25, 0.3) is 11.8 Å². The minimum absolute atomic E-state index is 0.0410. The summed E-state index contributed by atoms with van der Waals surface area (Å²) in [5.41, 5.74) is 0.0943. The first-order valence-corrected chi connectivity index (χ1v) is 14.1. The van der Waals surface area contributed by atoms with Gasteiger partial charge in [0.05, 0.1) is 24.8 Å². The molecule has 4 rings (SSSR count). The Balaban J connectivity index is 1.44. The van der Waals surface area contributed by atoms with Crippen molar-refractivity contribution in [1.82, 2.24) is 20.4 Å². The summed E-state index contributed by atoms with van der Waals surface area (Å²) in [6.07, 6.45) is 3.66. The molecule has 2 aliphatic heterocycles. The van der Waals surface area contributed by atoms with E-state index in [1.807, 2.05) is 32.6 Å². The van der Waals surface area contributed by atoms with E-state index in [2.05, 4.69) is 10.6 Å². The second-order valence-electron chi connectivity index (χ2n) is 11.7. The van der Waals surface area contributed by atoms with Crippen molar-refractivity contribution in [3.63, 3.8) is 0 Å². The van der Waals surface area contributed by atoms with Gasteiger partial charge in [-0.3, -0.25) is 19.2 Å². The Morgan fingerprint density at radius 1 is 1.13 bits per heavy atom. The third-order valence-corrected chi connectivity index (χ3v) is 7.71. The molecule has 39 heavy (non-hydrogen) atoms. The highest BCUT2D eigenvalue weighted by Crippen LogP contribution is 2.34. The Bertz CT molecular complexity index is 1070. The molecule has 10 heteroatoms. The fourth-order valence-electron chi connectivity index (χ4n) is 5.27. The van der Waals surface area contributed by atoms with Gasteiger partial charge in [0.2, 0.25) is 11.8 Å². The van der Waals surface area contributed by atoms with Crippen molar-refractivity contribution >= 4 is 23.6 Å². The highest BCUT2D eigenvalue weighted by molar-refractivity contribution is 6.00. The third-order valence-electron chi connectivity index (χ3n) is 7.71. The number of ether oxygens (including phenoxy) is 2. The van der Waals surface area contributed by atoms with Crippen molar-refractivity contribution in [2.75, 3.05) is 32.9 Å². The van der Waals surface area contributed by atoms with E-state index in [9.17, 15) is 19.2 Å². The summed E-state index contributed by atoms with van der Waals surface area (Å²) in [4.78, 5) is 56.4. The van der Waals surface area contributed by atoms with Crippen LogP contribution in [0.2, 0.25) is 0 Å². The molecule has 0 radical (unpaired) electrons. The lowest BCUT2D eigenvalue weighted by atomic mass is 10.0. The van der Waals surface area contributed by atoms with Crippen molar-refractivity contribution in [1.29, 1.82) is 0 Å². The predicted octanol–water partition coefficient (Wildman–Crippen LogP) is 2.12. The van der Waals surface area contributed by atoms with Gasteiger partial charge in [-0.25, -0.2) is 0 Å². The molecule has 0 bridgehead atoms. The van der Waals surface area contributed by atoms with Crippen LogP contribution in [0.5, 0.6) is 5.75 Å². The second-order valence-corrected chi connectivity index (χ2v) is 11.7. The van der Waals surface area contributed by atoms with Gasteiger partial charge in [0.15, 0.2) is 6.61 Å². The number of amides is 4. The van der Waals surface area contributed by atoms with Crippen molar-refractivity contribution in [2.24, 2.45) is 5.92 Å². The molecule has 0 aromatic heterocycles. The second kappa shape index (κ2) is 12.4. The summed E-state index contributed by atoms with van der Waals surface area (Å²) in [5.74, 6) is -0.584. The van der Waals surface area contributed by atoms with Crippen LogP contribution in [0.15, 0.2) is 24.3 Å². The maximum Gasteiger partial charge on any atom is 0.258 e. The summed E-state index contributed by atoms with van der Waals surface area (Å²) in [7, 11) is 0. The molecule has 1 aromatic rings. The number of hydrogen-bond donors (Lipinski definition) is 2. The number of likely N-dealkylation sites (tertiary alicyclic amines) is 1. The summed E-state index contributed by atoms with van der Waals surface area (Å²) >= 11 is 0. The Hall–Kier alpha value is -3.14. The Morgan fingerprint density at radius 2 is 1.87 bits per heavy atom. The number of para-hydroxylation sites is 1. The van der Waals surface area contributed by atoms with E-state index in [0.29, 0.717) is 39.1 Å². The van der Waals surface area contributed by atoms with Gasteiger partial charge < -0.3 is 29.9 Å². The molecule has 2 heterocycles. The maximum atomic E-state index is 13.8. The molecule has 214 valence electrons. The molecule has 1 aliphatic carbocycles. The first-order chi connectivity index (χ1) is 18.6. The number of carbonyl (C=O) groups excluding carboxylic acids is 4. The molecular formula is C29H42N4O6. The van der Waals surface area contributed by atoms with E-state index in [0.717, 1.165) is 19.3 Å². The van der Waals surface area contributed by atoms with E-state index in [4.69, 9.17) is 9.47 Å². The molecule has 0 unspecified atom stereocenters. The van der Waals surface area contributed by atoms with Crippen LogP contribution in [0, 0.1) is 5.92 Å². The monoisotopic (exact) mass is 542 g/mol. The van der Waals surface area contributed by atoms with Gasteiger partial charge in [0.1, 0.15) is 17.8 Å². The van der Waals surface area contributed by atoms with Crippen molar-refractivity contribution in [3.8, 4) is 5.75 Å². The molecular weight excluding hydrogens is 500 g/mol. The zero-order valence-electron chi connectivity index (χ0n) is 23.5. The van der Waals surface area contributed by atoms with Gasteiger partial charge in [-0.05, 0) is 64.0 Å². The smallest absolute Gasteiger partial charge is 0.258 e. The maximum absolute atomic E-state index is 13.8. The summed E-state index contributed by atoms with van der Waals surface area (Å²) < 4.78 is 11.2. The van der Waals surface area contributed by atoms with Gasteiger partial charge in [-0.2, -0.15) is 0 Å². The lowest BCUT2D eigenvalue weighted by Gasteiger charge is -2.37. The van der Waals surface area contributed by atoms with Crippen LogP contribution in [0.1, 0.15) is 70.2 Å². The minimum Gasteiger partial charge on any atom is -0.483 e. The Kier molecular flexibility index (Phi) is 9.15. The largest absolute Gasteiger partial charge is 0.483 e. The van der Waals surface area contributed by atoms with Crippen LogP contribution in [0.4, 0.5) is 0 Å². The number of nitrogens with one attached hydrogen (secondary N) is 2. The average molecular weight is 543 g/mol. The van der Waals surface area contributed by atoms with E-state index in [-0.39, 0.29) is 53.1 Å². The van der Waals surface area contributed by atoms with Crippen LogP contribution in [0.3, 0.4) is 0 Å². The van der Waals surface area contributed by atoms with E-state index < -0.39 is 18.0 Å². The average Bonchev–Trinajstić information content (AvgIpc) is 3.42. The number of carbonyl (C=O) groups is 4.